The molecule has 0 fully saturated rings. The summed E-state index contributed by atoms with van der Waals surface area (Å²) in [5, 5.41) is 3.71. The van der Waals surface area contributed by atoms with Crippen LogP contribution in [0.3, 0.4) is 0 Å². The molecule has 0 bridgehead atoms. The molecule has 88 valence electrons. The number of carbonyl (C=O) groups is 1. The number of benzene rings is 1. The molecule has 2 rings (SSSR count). The first kappa shape index (κ1) is 11.9. The van der Waals surface area contributed by atoms with Gasteiger partial charge in [0, 0.05) is 6.07 Å². The molecular formula is C12H10BrNO3. The van der Waals surface area contributed by atoms with Crippen LogP contribution in [0.15, 0.2) is 39.5 Å². The van der Waals surface area contributed by atoms with E-state index in [9.17, 15) is 4.79 Å². The van der Waals surface area contributed by atoms with Crippen molar-refractivity contribution < 1.29 is 14.1 Å². The number of carbonyl (C=O) groups excluding carboxylic acids is 1. The molecule has 4 nitrogen and oxygen atoms in total. The molecule has 0 amide bonds. The molecule has 5 heteroatoms. The molecule has 0 aliphatic carbocycles. The second kappa shape index (κ2) is 5.14. The van der Waals surface area contributed by atoms with Gasteiger partial charge in [0.2, 0.25) is 0 Å². The number of rotatable bonds is 4. The van der Waals surface area contributed by atoms with Gasteiger partial charge in [0.25, 0.3) is 0 Å². The van der Waals surface area contributed by atoms with Gasteiger partial charge in [-0.1, -0.05) is 17.3 Å². The summed E-state index contributed by atoms with van der Waals surface area (Å²) in [7, 11) is 0. The Morgan fingerprint density at radius 1 is 1.47 bits per heavy atom. The highest BCUT2D eigenvalue weighted by molar-refractivity contribution is 9.10. The maximum absolute atomic E-state index is 10.8. The molecule has 1 atom stereocenters. The summed E-state index contributed by atoms with van der Waals surface area (Å²) in [5.74, 6) is 1.13. The lowest BCUT2D eigenvalue weighted by molar-refractivity contribution is 0.111. The lowest BCUT2D eigenvalue weighted by Gasteiger charge is -2.12. The molecule has 17 heavy (non-hydrogen) atoms. The van der Waals surface area contributed by atoms with Crippen molar-refractivity contribution in [1.82, 2.24) is 5.16 Å². The van der Waals surface area contributed by atoms with Gasteiger partial charge in [0.15, 0.2) is 18.2 Å². The van der Waals surface area contributed by atoms with E-state index in [0.717, 1.165) is 6.29 Å². The average molecular weight is 296 g/mol. The van der Waals surface area contributed by atoms with Crippen molar-refractivity contribution in [3.05, 3.63) is 46.3 Å². The van der Waals surface area contributed by atoms with Gasteiger partial charge in [0.05, 0.1) is 5.56 Å². The summed E-state index contributed by atoms with van der Waals surface area (Å²) >= 11 is 3.20. The van der Waals surface area contributed by atoms with E-state index < -0.39 is 0 Å². The summed E-state index contributed by atoms with van der Waals surface area (Å²) in [6.45, 7) is 1.83. The fraction of sp³-hybridized carbons (Fsp3) is 0.167. The highest BCUT2D eigenvalue weighted by Crippen LogP contribution is 2.25. The predicted octanol–water partition coefficient (Wildman–Crippen LogP) is 3.39. The first-order valence-corrected chi connectivity index (χ1v) is 5.83. The summed E-state index contributed by atoms with van der Waals surface area (Å²) in [4.78, 5) is 10.8. The third-order valence-corrected chi connectivity index (χ3v) is 2.62. The van der Waals surface area contributed by atoms with Crippen LogP contribution >= 0.6 is 15.9 Å². The summed E-state index contributed by atoms with van der Waals surface area (Å²) < 4.78 is 11.3. The number of nitrogens with zero attached hydrogens (tertiary/aromatic N) is 1. The second-order valence-electron chi connectivity index (χ2n) is 3.47. The second-order valence-corrected chi connectivity index (χ2v) is 4.28. The third kappa shape index (κ3) is 2.74. The number of halogens is 1. The van der Waals surface area contributed by atoms with E-state index in [1.807, 2.05) is 13.0 Å². The van der Waals surface area contributed by atoms with Gasteiger partial charge in [-0.3, -0.25) is 4.79 Å². The Kier molecular flexibility index (Phi) is 3.58. The number of aromatic nitrogens is 1. The van der Waals surface area contributed by atoms with Gasteiger partial charge >= 0.3 is 0 Å². The monoisotopic (exact) mass is 295 g/mol. The minimum Gasteiger partial charge on any atom is -0.482 e. The van der Waals surface area contributed by atoms with E-state index in [2.05, 4.69) is 21.1 Å². The van der Waals surface area contributed by atoms with Crippen LogP contribution < -0.4 is 4.74 Å². The molecule has 0 saturated heterocycles. The predicted molar refractivity (Wildman–Crippen MR) is 65.1 cm³/mol. The van der Waals surface area contributed by atoms with Crippen molar-refractivity contribution >= 4 is 22.2 Å². The van der Waals surface area contributed by atoms with Crippen molar-refractivity contribution in [2.45, 2.75) is 13.0 Å². The molecule has 1 aromatic carbocycles. The number of hydrogen-bond acceptors (Lipinski definition) is 4. The van der Waals surface area contributed by atoms with Crippen molar-refractivity contribution in [3.63, 3.8) is 0 Å². The van der Waals surface area contributed by atoms with Crippen LogP contribution in [-0.2, 0) is 0 Å². The number of para-hydroxylation sites is 1. The van der Waals surface area contributed by atoms with Crippen molar-refractivity contribution in [2.75, 3.05) is 0 Å². The van der Waals surface area contributed by atoms with E-state index in [1.165, 1.54) is 0 Å². The molecule has 0 aliphatic heterocycles. The van der Waals surface area contributed by atoms with Crippen LogP contribution in [0.2, 0.25) is 0 Å². The molecule has 0 saturated carbocycles. The van der Waals surface area contributed by atoms with Crippen LogP contribution in [0.5, 0.6) is 5.75 Å². The highest BCUT2D eigenvalue weighted by atomic mass is 79.9. The molecule has 1 heterocycles. The van der Waals surface area contributed by atoms with Crippen LogP contribution in [0, 0.1) is 0 Å². The molecule has 0 N–H and O–H groups in total. The van der Waals surface area contributed by atoms with Crippen LogP contribution in [0.25, 0.3) is 0 Å². The molecule has 2 aromatic rings. The molecule has 0 radical (unpaired) electrons. The minimum atomic E-state index is -0.310. The zero-order chi connectivity index (χ0) is 12.3. The van der Waals surface area contributed by atoms with Gasteiger partial charge in [-0.25, -0.2) is 0 Å². The summed E-state index contributed by atoms with van der Waals surface area (Å²) in [6, 6.07) is 8.77. The molecule has 1 unspecified atom stereocenters. The van der Waals surface area contributed by atoms with Crippen LogP contribution in [0.4, 0.5) is 0 Å². The maximum Gasteiger partial charge on any atom is 0.178 e. The Morgan fingerprint density at radius 3 is 2.88 bits per heavy atom. The van der Waals surface area contributed by atoms with E-state index in [1.54, 1.807) is 24.3 Å². The zero-order valence-electron chi connectivity index (χ0n) is 9.09. The smallest absolute Gasteiger partial charge is 0.178 e. The normalized spacial score (nSPS) is 12.1. The largest absolute Gasteiger partial charge is 0.482 e. The van der Waals surface area contributed by atoms with Gasteiger partial charge in [-0.2, -0.15) is 0 Å². The SMILES string of the molecule is CC(Oc1ccccc1C=O)c1cc(Br)no1. The fourth-order valence-corrected chi connectivity index (χ4v) is 1.69. The van der Waals surface area contributed by atoms with E-state index in [0.29, 0.717) is 21.7 Å². The van der Waals surface area contributed by atoms with Crippen molar-refractivity contribution in [1.29, 1.82) is 0 Å². The Morgan fingerprint density at radius 2 is 2.24 bits per heavy atom. The quantitative estimate of drug-likeness (QED) is 0.811. The molecule has 0 aliphatic rings. The van der Waals surface area contributed by atoms with Crippen molar-refractivity contribution in [2.24, 2.45) is 0 Å². The average Bonchev–Trinajstić information content (AvgIpc) is 2.77. The summed E-state index contributed by atoms with van der Waals surface area (Å²) in [5.41, 5.74) is 0.512. The lowest BCUT2D eigenvalue weighted by atomic mass is 10.2. The van der Waals surface area contributed by atoms with Gasteiger partial charge in [-0.15, -0.1) is 0 Å². The highest BCUT2D eigenvalue weighted by Gasteiger charge is 2.14. The standard InChI is InChI=1S/C12H10BrNO3/c1-8(11-6-12(13)14-17-11)16-10-5-3-2-4-9(10)7-15/h2-8H,1H3. The van der Waals surface area contributed by atoms with E-state index >= 15 is 0 Å². The topological polar surface area (TPSA) is 52.3 Å². The Labute approximate surface area is 107 Å². The van der Waals surface area contributed by atoms with E-state index in [4.69, 9.17) is 9.26 Å². The van der Waals surface area contributed by atoms with Gasteiger partial charge in [0.1, 0.15) is 10.4 Å². The van der Waals surface area contributed by atoms with Crippen LogP contribution in [0.1, 0.15) is 29.1 Å². The molecule has 1 aromatic heterocycles. The third-order valence-electron chi connectivity index (χ3n) is 2.25. The molecular weight excluding hydrogens is 286 g/mol. The first-order valence-electron chi connectivity index (χ1n) is 5.03. The Balaban J connectivity index is 2.18. The molecule has 0 spiro atoms. The van der Waals surface area contributed by atoms with Crippen molar-refractivity contribution in [3.8, 4) is 5.75 Å². The number of aldehydes is 1. The number of ether oxygens (including phenoxy) is 1. The van der Waals surface area contributed by atoms with Crippen LogP contribution in [-0.4, -0.2) is 11.4 Å². The lowest BCUT2D eigenvalue weighted by Crippen LogP contribution is -2.03. The fourth-order valence-electron chi connectivity index (χ4n) is 1.39. The Bertz CT molecular complexity index is 524. The van der Waals surface area contributed by atoms with E-state index in [-0.39, 0.29) is 6.10 Å². The van der Waals surface area contributed by atoms with Gasteiger partial charge in [-0.05, 0) is 35.0 Å². The number of hydrogen-bond donors (Lipinski definition) is 0. The Hall–Kier alpha value is -1.62. The maximum atomic E-state index is 10.8. The minimum absolute atomic E-state index is 0.310. The first-order chi connectivity index (χ1) is 8.20. The summed E-state index contributed by atoms with van der Waals surface area (Å²) in [6.07, 6.45) is 0.452. The zero-order valence-corrected chi connectivity index (χ0v) is 10.7. The van der Waals surface area contributed by atoms with Gasteiger partial charge < -0.3 is 9.26 Å².